The molecule has 3 aromatic rings. The van der Waals surface area contributed by atoms with Crippen LogP contribution in [0.4, 0.5) is 10.5 Å². The third-order valence-corrected chi connectivity index (χ3v) is 5.63. The molecule has 0 bridgehead atoms. The van der Waals surface area contributed by atoms with E-state index in [1.807, 2.05) is 43.6 Å². The number of nitrogens with one attached hydrogen (secondary N) is 2. The molecule has 32 heavy (non-hydrogen) atoms. The van der Waals surface area contributed by atoms with Crippen LogP contribution in [0.3, 0.4) is 0 Å². The number of ether oxygens (including phenoxy) is 1. The van der Waals surface area contributed by atoms with E-state index in [-0.39, 0.29) is 12.1 Å². The quantitative estimate of drug-likeness (QED) is 0.579. The molecule has 7 heteroatoms. The van der Waals surface area contributed by atoms with Crippen molar-refractivity contribution in [1.82, 2.24) is 20.2 Å². The Labute approximate surface area is 188 Å². The topological polar surface area (TPSA) is 79.4 Å². The third kappa shape index (κ3) is 6.52. The van der Waals surface area contributed by atoms with Crippen molar-refractivity contribution in [2.75, 3.05) is 25.0 Å². The number of hydrogen-bond acceptors (Lipinski definition) is 5. The lowest BCUT2D eigenvalue weighted by Crippen LogP contribution is -2.46. The number of benzene rings is 1. The van der Waals surface area contributed by atoms with E-state index in [9.17, 15) is 4.79 Å². The summed E-state index contributed by atoms with van der Waals surface area (Å²) in [5.74, 6) is 1.22. The van der Waals surface area contributed by atoms with Gasteiger partial charge in [-0.2, -0.15) is 0 Å². The van der Waals surface area contributed by atoms with Gasteiger partial charge in [-0.25, -0.2) is 9.78 Å². The number of likely N-dealkylation sites (tertiary alicyclic amines) is 1. The predicted molar refractivity (Wildman–Crippen MR) is 125 cm³/mol. The largest absolute Gasteiger partial charge is 0.439 e. The van der Waals surface area contributed by atoms with Gasteiger partial charge in [0, 0.05) is 44.1 Å². The Balaban J connectivity index is 1.17. The number of pyridine rings is 2. The van der Waals surface area contributed by atoms with Gasteiger partial charge in [-0.3, -0.25) is 4.98 Å². The lowest BCUT2D eigenvalue weighted by Gasteiger charge is -2.32. The Hall–Kier alpha value is -3.45. The van der Waals surface area contributed by atoms with Crippen LogP contribution in [0, 0.1) is 6.92 Å². The molecule has 1 aliphatic heterocycles. The molecule has 0 unspecified atom stereocenters. The number of rotatable bonds is 7. The van der Waals surface area contributed by atoms with Gasteiger partial charge in [0.25, 0.3) is 0 Å². The first-order valence-electron chi connectivity index (χ1n) is 11.0. The number of nitrogens with zero attached hydrogens (tertiary/aromatic N) is 3. The monoisotopic (exact) mass is 431 g/mol. The summed E-state index contributed by atoms with van der Waals surface area (Å²) >= 11 is 0. The lowest BCUT2D eigenvalue weighted by atomic mass is 10.0. The summed E-state index contributed by atoms with van der Waals surface area (Å²) in [6, 6.07) is 15.4. The average molecular weight is 432 g/mol. The second-order valence-electron chi connectivity index (χ2n) is 8.12. The van der Waals surface area contributed by atoms with Gasteiger partial charge in [0.2, 0.25) is 5.88 Å². The van der Waals surface area contributed by atoms with E-state index >= 15 is 0 Å². The number of urea groups is 1. The van der Waals surface area contributed by atoms with E-state index in [2.05, 4.69) is 37.6 Å². The van der Waals surface area contributed by atoms with Crippen molar-refractivity contribution in [2.45, 2.75) is 32.2 Å². The molecule has 1 saturated heterocycles. The second kappa shape index (κ2) is 10.7. The molecular weight excluding hydrogens is 402 g/mol. The molecule has 1 fully saturated rings. The Morgan fingerprint density at radius 1 is 1.06 bits per heavy atom. The van der Waals surface area contributed by atoms with E-state index in [0.717, 1.165) is 44.6 Å². The van der Waals surface area contributed by atoms with Crippen LogP contribution in [-0.2, 0) is 6.42 Å². The van der Waals surface area contributed by atoms with Crippen molar-refractivity contribution >= 4 is 11.7 Å². The fraction of sp³-hybridized carbons (Fsp3) is 0.320. The van der Waals surface area contributed by atoms with Crippen molar-refractivity contribution in [3.05, 3.63) is 78.2 Å². The fourth-order valence-electron chi connectivity index (χ4n) is 3.73. The molecule has 1 aliphatic rings. The Morgan fingerprint density at radius 3 is 2.50 bits per heavy atom. The highest BCUT2D eigenvalue weighted by Gasteiger charge is 2.20. The molecule has 2 N–H and O–H groups in total. The molecule has 2 amide bonds. The molecule has 1 aromatic carbocycles. The number of carbonyl (C=O) groups is 1. The molecule has 0 aliphatic carbocycles. The second-order valence-corrected chi connectivity index (χ2v) is 8.12. The summed E-state index contributed by atoms with van der Waals surface area (Å²) in [4.78, 5) is 23.2. The minimum absolute atomic E-state index is 0.185. The maximum atomic E-state index is 12.4. The zero-order valence-electron chi connectivity index (χ0n) is 18.3. The van der Waals surface area contributed by atoms with E-state index in [4.69, 9.17) is 4.74 Å². The number of anilines is 1. The number of amides is 2. The van der Waals surface area contributed by atoms with E-state index in [1.54, 1.807) is 18.3 Å². The van der Waals surface area contributed by atoms with Crippen LogP contribution >= 0.6 is 0 Å². The first kappa shape index (κ1) is 21.8. The number of hydrogen-bond donors (Lipinski definition) is 2. The summed E-state index contributed by atoms with van der Waals surface area (Å²) in [7, 11) is 0. The summed E-state index contributed by atoms with van der Waals surface area (Å²) in [6.45, 7) is 5.04. The van der Waals surface area contributed by atoms with Crippen molar-refractivity contribution in [3.63, 3.8) is 0 Å². The normalized spacial score (nSPS) is 14.7. The SMILES string of the molecule is Cc1ccc(Oc2ccc(NC(=O)NC3CCN(CCc4ccncc4)CC3)cn2)cc1. The van der Waals surface area contributed by atoms with E-state index in [1.165, 1.54) is 11.1 Å². The standard InChI is InChI=1S/C25H29N5O2/c1-19-2-5-23(6-3-19)32-24-7-4-22(18-27-24)29-25(31)28-21-11-16-30(17-12-21)15-10-20-8-13-26-14-9-20/h2-9,13-14,18,21H,10-12,15-17H2,1H3,(H2,28,29,31). The summed E-state index contributed by atoms with van der Waals surface area (Å²) in [5, 5.41) is 5.94. The Bertz CT molecular complexity index is 985. The molecule has 0 radical (unpaired) electrons. The fourth-order valence-corrected chi connectivity index (χ4v) is 3.73. The zero-order valence-corrected chi connectivity index (χ0v) is 18.3. The van der Waals surface area contributed by atoms with Gasteiger partial charge in [-0.1, -0.05) is 17.7 Å². The molecule has 3 heterocycles. The van der Waals surface area contributed by atoms with Crippen LogP contribution in [0.5, 0.6) is 11.6 Å². The first-order valence-corrected chi connectivity index (χ1v) is 11.0. The molecule has 4 rings (SSSR count). The van der Waals surface area contributed by atoms with Gasteiger partial charge >= 0.3 is 6.03 Å². The zero-order chi connectivity index (χ0) is 22.2. The molecule has 166 valence electrons. The van der Waals surface area contributed by atoms with E-state index in [0.29, 0.717) is 11.6 Å². The predicted octanol–water partition coefficient (Wildman–Crippen LogP) is 4.41. The highest BCUT2D eigenvalue weighted by atomic mass is 16.5. The Morgan fingerprint density at radius 2 is 1.81 bits per heavy atom. The Kier molecular flexibility index (Phi) is 7.30. The minimum Gasteiger partial charge on any atom is -0.439 e. The van der Waals surface area contributed by atoms with Gasteiger partial charge in [0.05, 0.1) is 11.9 Å². The van der Waals surface area contributed by atoms with E-state index < -0.39 is 0 Å². The van der Waals surface area contributed by atoms with Crippen molar-refractivity contribution in [1.29, 1.82) is 0 Å². The van der Waals surface area contributed by atoms with Crippen molar-refractivity contribution < 1.29 is 9.53 Å². The smallest absolute Gasteiger partial charge is 0.319 e. The highest BCUT2D eigenvalue weighted by molar-refractivity contribution is 5.89. The van der Waals surface area contributed by atoms with Crippen LogP contribution in [0.2, 0.25) is 0 Å². The summed E-state index contributed by atoms with van der Waals surface area (Å²) in [5.41, 5.74) is 3.11. The molecular formula is C25H29N5O2. The van der Waals surface area contributed by atoms with Crippen molar-refractivity contribution in [3.8, 4) is 11.6 Å². The minimum atomic E-state index is -0.200. The number of piperidine rings is 1. The van der Waals surface area contributed by atoms with Crippen LogP contribution in [-0.4, -0.2) is 46.6 Å². The van der Waals surface area contributed by atoms with Crippen LogP contribution < -0.4 is 15.4 Å². The van der Waals surface area contributed by atoms with Gasteiger partial charge in [-0.05, 0) is 62.1 Å². The van der Waals surface area contributed by atoms with Gasteiger partial charge < -0.3 is 20.3 Å². The summed E-state index contributed by atoms with van der Waals surface area (Å²) in [6.07, 6.45) is 8.20. The number of carbonyl (C=O) groups excluding carboxylic acids is 1. The summed E-state index contributed by atoms with van der Waals surface area (Å²) < 4.78 is 5.73. The van der Waals surface area contributed by atoms with Gasteiger partial charge in [0.15, 0.2) is 0 Å². The maximum absolute atomic E-state index is 12.4. The van der Waals surface area contributed by atoms with Gasteiger partial charge in [0.1, 0.15) is 5.75 Å². The van der Waals surface area contributed by atoms with Crippen LogP contribution in [0.15, 0.2) is 67.1 Å². The lowest BCUT2D eigenvalue weighted by molar-refractivity contribution is 0.197. The third-order valence-electron chi connectivity index (χ3n) is 5.63. The molecule has 0 saturated carbocycles. The average Bonchev–Trinajstić information content (AvgIpc) is 2.82. The van der Waals surface area contributed by atoms with Gasteiger partial charge in [-0.15, -0.1) is 0 Å². The van der Waals surface area contributed by atoms with Crippen LogP contribution in [0.1, 0.15) is 24.0 Å². The maximum Gasteiger partial charge on any atom is 0.319 e. The number of aryl methyl sites for hydroxylation is 1. The van der Waals surface area contributed by atoms with Crippen molar-refractivity contribution in [2.24, 2.45) is 0 Å². The molecule has 0 spiro atoms. The molecule has 0 atom stereocenters. The highest BCUT2D eigenvalue weighted by Crippen LogP contribution is 2.21. The number of aromatic nitrogens is 2. The molecule has 2 aromatic heterocycles. The first-order chi connectivity index (χ1) is 15.6. The van der Waals surface area contributed by atoms with Crippen LogP contribution in [0.25, 0.3) is 0 Å². The molecule has 7 nitrogen and oxygen atoms in total.